The molecular formula is C14H30N2S. The van der Waals surface area contributed by atoms with Gasteiger partial charge in [-0.1, -0.05) is 27.2 Å². The molecule has 1 N–H and O–H groups in total. The fraction of sp³-hybridized carbons (Fsp3) is 1.00. The predicted octanol–water partition coefficient (Wildman–Crippen LogP) is 2.98. The highest BCUT2D eigenvalue weighted by atomic mass is 32.2. The molecule has 0 aromatic carbocycles. The summed E-state index contributed by atoms with van der Waals surface area (Å²) in [7, 11) is 0. The minimum atomic E-state index is 0.378. The average molecular weight is 258 g/mol. The number of hydrogen-bond acceptors (Lipinski definition) is 3. The molecule has 0 aromatic rings. The van der Waals surface area contributed by atoms with Gasteiger partial charge in [-0.2, -0.15) is 11.8 Å². The fourth-order valence-corrected chi connectivity index (χ4v) is 3.27. The first-order valence-corrected chi connectivity index (χ1v) is 8.58. The molecule has 0 radical (unpaired) electrons. The SMILES string of the molecule is CCCC1CNC(CC)(CC)CN1CCSC. The van der Waals surface area contributed by atoms with Gasteiger partial charge in [-0.15, -0.1) is 0 Å². The van der Waals surface area contributed by atoms with Gasteiger partial charge in [0, 0.05) is 37.0 Å². The van der Waals surface area contributed by atoms with E-state index < -0.39 is 0 Å². The molecule has 1 rings (SSSR count). The van der Waals surface area contributed by atoms with Gasteiger partial charge < -0.3 is 5.32 Å². The zero-order valence-electron chi connectivity index (χ0n) is 12.1. The maximum absolute atomic E-state index is 3.82. The van der Waals surface area contributed by atoms with E-state index in [0.717, 1.165) is 6.04 Å². The van der Waals surface area contributed by atoms with Crippen LogP contribution in [0.3, 0.4) is 0 Å². The number of nitrogens with one attached hydrogen (secondary N) is 1. The molecule has 1 saturated heterocycles. The van der Waals surface area contributed by atoms with Crippen molar-refractivity contribution in [3.8, 4) is 0 Å². The lowest BCUT2D eigenvalue weighted by molar-refractivity contribution is 0.0736. The Morgan fingerprint density at radius 2 is 2.00 bits per heavy atom. The zero-order valence-corrected chi connectivity index (χ0v) is 12.9. The van der Waals surface area contributed by atoms with Gasteiger partial charge in [0.05, 0.1) is 0 Å². The summed E-state index contributed by atoms with van der Waals surface area (Å²) in [5.74, 6) is 1.27. The fourth-order valence-electron chi connectivity index (χ4n) is 2.85. The lowest BCUT2D eigenvalue weighted by atomic mass is 9.88. The summed E-state index contributed by atoms with van der Waals surface area (Å²) in [6.07, 6.45) is 7.35. The van der Waals surface area contributed by atoms with Crippen molar-refractivity contribution in [3.05, 3.63) is 0 Å². The van der Waals surface area contributed by atoms with Crippen molar-refractivity contribution in [1.29, 1.82) is 0 Å². The molecule has 1 aliphatic heterocycles. The summed E-state index contributed by atoms with van der Waals surface area (Å²) in [6.45, 7) is 10.6. The molecule has 0 aliphatic carbocycles. The summed E-state index contributed by atoms with van der Waals surface area (Å²) in [5.41, 5.74) is 0.378. The van der Waals surface area contributed by atoms with Crippen LogP contribution in [0.4, 0.5) is 0 Å². The Balaban J connectivity index is 2.61. The third kappa shape index (κ3) is 4.15. The van der Waals surface area contributed by atoms with E-state index in [1.165, 1.54) is 51.1 Å². The van der Waals surface area contributed by atoms with Gasteiger partial charge in [0.25, 0.3) is 0 Å². The Morgan fingerprint density at radius 1 is 1.29 bits per heavy atom. The first-order chi connectivity index (χ1) is 8.21. The maximum atomic E-state index is 3.82. The van der Waals surface area contributed by atoms with Crippen LogP contribution in [-0.4, -0.2) is 48.1 Å². The van der Waals surface area contributed by atoms with Gasteiger partial charge >= 0.3 is 0 Å². The van der Waals surface area contributed by atoms with Crippen LogP contribution < -0.4 is 5.32 Å². The minimum absolute atomic E-state index is 0.378. The molecule has 1 unspecified atom stereocenters. The molecule has 1 heterocycles. The topological polar surface area (TPSA) is 15.3 Å². The van der Waals surface area contributed by atoms with Gasteiger partial charge in [0.1, 0.15) is 0 Å². The summed E-state index contributed by atoms with van der Waals surface area (Å²) in [4.78, 5) is 2.74. The first kappa shape index (κ1) is 15.3. The quantitative estimate of drug-likeness (QED) is 0.756. The molecule has 0 spiro atoms. The van der Waals surface area contributed by atoms with E-state index in [0.29, 0.717) is 5.54 Å². The zero-order chi connectivity index (χ0) is 12.7. The van der Waals surface area contributed by atoms with Crippen molar-refractivity contribution >= 4 is 11.8 Å². The van der Waals surface area contributed by atoms with Gasteiger partial charge in [-0.25, -0.2) is 0 Å². The van der Waals surface area contributed by atoms with Crippen molar-refractivity contribution in [2.75, 3.05) is 31.6 Å². The minimum Gasteiger partial charge on any atom is -0.308 e. The predicted molar refractivity (Wildman–Crippen MR) is 80.0 cm³/mol. The van der Waals surface area contributed by atoms with Crippen molar-refractivity contribution < 1.29 is 0 Å². The van der Waals surface area contributed by atoms with Crippen molar-refractivity contribution in [1.82, 2.24) is 10.2 Å². The maximum Gasteiger partial charge on any atom is 0.0304 e. The van der Waals surface area contributed by atoms with Crippen molar-refractivity contribution in [3.63, 3.8) is 0 Å². The van der Waals surface area contributed by atoms with Crippen LogP contribution >= 0.6 is 11.8 Å². The van der Waals surface area contributed by atoms with E-state index >= 15 is 0 Å². The molecule has 102 valence electrons. The molecule has 0 bridgehead atoms. The Kier molecular flexibility index (Phi) is 6.90. The van der Waals surface area contributed by atoms with Gasteiger partial charge in [0.2, 0.25) is 0 Å². The molecule has 2 nitrogen and oxygen atoms in total. The second-order valence-corrected chi connectivity index (χ2v) is 6.26. The molecule has 3 heteroatoms. The van der Waals surface area contributed by atoms with E-state index in [1.54, 1.807) is 0 Å². The van der Waals surface area contributed by atoms with Crippen LogP contribution in [0.5, 0.6) is 0 Å². The van der Waals surface area contributed by atoms with Crippen LogP contribution in [0.15, 0.2) is 0 Å². The van der Waals surface area contributed by atoms with Crippen LogP contribution in [0.1, 0.15) is 46.5 Å². The average Bonchev–Trinajstić information content (AvgIpc) is 2.38. The second kappa shape index (κ2) is 7.65. The first-order valence-electron chi connectivity index (χ1n) is 7.19. The summed E-state index contributed by atoms with van der Waals surface area (Å²) >= 11 is 1.97. The molecule has 1 aliphatic rings. The Morgan fingerprint density at radius 3 is 2.53 bits per heavy atom. The largest absolute Gasteiger partial charge is 0.308 e. The third-order valence-electron chi connectivity index (χ3n) is 4.29. The van der Waals surface area contributed by atoms with Gasteiger partial charge in [-0.05, 0) is 25.5 Å². The second-order valence-electron chi connectivity index (χ2n) is 5.27. The Hall–Kier alpha value is 0.270. The van der Waals surface area contributed by atoms with Crippen LogP contribution in [-0.2, 0) is 0 Å². The molecule has 0 aromatic heterocycles. The number of rotatable bonds is 7. The third-order valence-corrected chi connectivity index (χ3v) is 4.88. The number of piperazine rings is 1. The van der Waals surface area contributed by atoms with Crippen LogP contribution in [0, 0.1) is 0 Å². The van der Waals surface area contributed by atoms with Crippen LogP contribution in [0.2, 0.25) is 0 Å². The smallest absolute Gasteiger partial charge is 0.0304 e. The number of hydrogen-bond donors (Lipinski definition) is 1. The normalized spacial score (nSPS) is 25.1. The van der Waals surface area contributed by atoms with Crippen molar-refractivity contribution in [2.24, 2.45) is 0 Å². The Labute approximate surface area is 112 Å². The van der Waals surface area contributed by atoms with E-state index in [2.05, 4.69) is 37.2 Å². The van der Waals surface area contributed by atoms with Crippen LogP contribution in [0.25, 0.3) is 0 Å². The highest BCUT2D eigenvalue weighted by Crippen LogP contribution is 2.24. The van der Waals surface area contributed by atoms with E-state index in [4.69, 9.17) is 0 Å². The van der Waals surface area contributed by atoms with Gasteiger partial charge in [-0.3, -0.25) is 4.90 Å². The lowest BCUT2D eigenvalue weighted by Crippen LogP contribution is -2.64. The molecule has 0 amide bonds. The lowest BCUT2D eigenvalue weighted by Gasteiger charge is -2.47. The van der Waals surface area contributed by atoms with Gasteiger partial charge in [0.15, 0.2) is 0 Å². The monoisotopic (exact) mass is 258 g/mol. The number of thioether (sulfide) groups is 1. The summed E-state index contributed by atoms with van der Waals surface area (Å²) in [6, 6.07) is 0.762. The molecule has 17 heavy (non-hydrogen) atoms. The molecule has 0 saturated carbocycles. The highest BCUT2D eigenvalue weighted by Gasteiger charge is 2.35. The standard InChI is InChI=1S/C14H30N2S/c1-5-8-13-11-15-14(6-2,7-3)12-16(13)9-10-17-4/h13,15H,5-12H2,1-4H3. The van der Waals surface area contributed by atoms with E-state index in [-0.39, 0.29) is 0 Å². The Bertz CT molecular complexity index is 204. The summed E-state index contributed by atoms with van der Waals surface area (Å²) in [5, 5.41) is 3.82. The van der Waals surface area contributed by atoms with Crippen molar-refractivity contribution in [2.45, 2.75) is 58.0 Å². The number of nitrogens with zero attached hydrogens (tertiary/aromatic N) is 1. The van der Waals surface area contributed by atoms with E-state index in [1.807, 2.05) is 11.8 Å². The van der Waals surface area contributed by atoms with E-state index in [9.17, 15) is 0 Å². The molecule has 1 atom stereocenters. The molecule has 1 fully saturated rings. The highest BCUT2D eigenvalue weighted by molar-refractivity contribution is 7.98. The summed E-state index contributed by atoms with van der Waals surface area (Å²) < 4.78 is 0. The molecular weight excluding hydrogens is 228 g/mol.